The maximum Gasteiger partial charge on any atom is 0.138 e. The van der Waals surface area contributed by atoms with Crippen LogP contribution in [-0.2, 0) is 0 Å². The van der Waals surface area contributed by atoms with E-state index in [0.717, 1.165) is 5.54 Å². The van der Waals surface area contributed by atoms with E-state index in [1.54, 1.807) is 0 Å². The lowest BCUT2D eigenvalue weighted by Gasteiger charge is -2.29. The maximum atomic E-state index is 3.97. The molecule has 0 heterocycles. The minimum atomic E-state index is -0.825. The van der Waals surface area contributed by atoms with Gasteiger partial charge in [0.25, 0.3) is 0 Å². The van der Waals surface area contributed by atoms with Gasteiger partial charge >= 0.3 is 0 Å². The molecule has 0 aliphatic heterocycles. The molecular weight excluding hydrogens is 162 g/mol. The summed E-state index contributed by atoms with van der Waals surface area (Å²) in [5, 5.41) is 0. The Kier molecular flexibility index (Phi) is 6.39. The summed E-state index contributed by atoms with van der Waals surface area (Å²) in [5.41, 5.74) is 3.09. The molecule has 0 rings (SSSR count). The van der Waals surface area contributed by atoms with Crippen molar-refractivity contribution in [1.29, 1.82) is 0 Å². The largest absolute Gasteiger partial charge is 0.323 e. The van der Waals surface area contributed by atoms with Gasteiger partial charge in [-0.2, -0.15) is 0 Å². The van der Waals surface area contributed by atoms with Gasteiger partial charge in [-0.3, -0.25) is 0 Å². The lowest BCUT2D eigenvalue weighted by Crippen LogP contribution is -2.40. The zero-order valence-corrected chi connectivity index (χ0v) is 10.2. The van der Waals surface area contributed by atoms with Crippen molar-refractivity contribution in [2.45, 2.75) is 39.7 Å². The van der Waals surface area contributed by atoms with E-state index in [4.69, 9.17) is 0 Å². The lowest BCUT2D eigenvalue weighted by atomic mass is 10.4. The molecule has 0 saturated carbocycles. The van der Waals surface area contributed by atoms with Crippen LogP contribution in [0, 0.1) is 0 Å². The molecule has 0 aromatic carbocycles. The third kappa shape index (κ3) is 3.11. The predicted molar refractivity (Wildman–Crippen MR) is 60.0 cm³/mol. The molecule has 0 fully saturated rings. The summed E-state index contributed by atoms with van der Waals surface area (Å²) >= 11 is 0. The third-order valence-electron chi connectivity index (χ3n) is 2.70. The summed E-state index contributed by atoms with van der Waals surface area (Å²) in [6.07, 6.45) is 1.29. The van der Waals surface area contributed by atoms with Crippen LogP contribution >= 0.6 is 0 Å². The monoisotopic (exact) mass is 185 g/mol. The Hall–Kier alpha value is -0.0831. The molecule has 0 N–H and O–H groups in total. The van der Waals surface area contributed by atoms with Crippen molar-refractivity contribution in [3.8, 4) is 0 Å². The summed E-state index contributed by atoms with van der Waals surface area (Å²) < 4.78 is 2.60. The molecule has 0 radical (unpaired) electrons. The van der Waals surface area contributed by atoms with Crippen LogP contribution in [0.1, 0.15) is 34.1 Å². The fourth-order valence-corrected chi connectivity index (χ4v) is 4.44. The molecule has 0 aliphatic rings. The summed E-state index contributed by atoms with van der Waals surface area (Å²) in [5.74, 6) is 0. The highest BCUT2D eigenvalue weighted by molar-refractivity contribution is 6.62. The van der Waals surface area contributed by atoms with Gasteiger partial charge in [-0.25, -0.2) is 0 Å². The minimum absolute atomic E-state index is 0.825. The van der Waals surface area contributed by atoms with E-state index in [2.05, 4.69) is 44.5 Å². The van der Waals surface area contributed by atoms with Gasteiger partial charge in [0, 0.05) is 0 Å². The van der Waals surface area contributed by atoms with Gasteiger partial charge in [0.05, 0.1) is 0 Å². The Balaban J connectivity index is 4.19. The van der Waals surface area contributed by atoms with Crippen LogP contribution < -0.4 is 0 Å². The predicted octanol–water partition coefficient (Wildman–Crippen LogP) is 2.58. The molecule has 1 nitrogen and oxygen atoms in total. The highest BCUT2D eigenvalue weighted by Gasteiger charge is 2.19. The number of hydrogen-bond acceptors (Lipinski definition) is 1. The minimum Gasteiger partial charge on any atom is -0.323 e. The van der Waals surface area contributed by atoms with E-state index in [0.29, 0.717) is 0 Å². The van der Waals surface area contributed by atoms with Gasteiger partial charge in [-0.1, -0.05) is 39.8 Å². The van der Waals surface area contributed by atoms with Gasteiger partial charge in [0.2, 0.25) is 0 Å². The Morgan fingerprint density at radius 3 is 2.08 bits per heavy atom. The first-order valence-corrected chi connectivity index (χ1v) is 6.92. The highest BCUT2D eigenvalue weighted by atomic mass is 28.3. The van der Waals surface area contributed by atoms with Gasteiger partial charge in [-0.15, -0.1) is 6.58 Å². The first-order valence-electron chi connectivity index (χ1n) is 5.07. The normalized spacial score (nSPS) is 16.1. The molecule has 0 bridgehead atoms. The standard InChI is InChI=1S/C10H23NSi/c1-6-10(5)12(9-4)11(7-2)8-3/h9-10,12H,4,6-8H2,1-3,5H3. The Bertz CT molecular complexity index is 121. The van der Waals surface area contributed by atoms with Crippen molar-refractivity contribution in [3.63, 3.8) is 0 Å². The fourth-order valence-electron chi connectivity index (χ4n) is 1.63. The number of nitrogens with zero attached hydrogens (tertiary/aromatic N) is 1. The first kappa shape index (κ1) is 11.9. The topological polar surface area (TPSA) is 3.24 Å². The average Bonchev–Trinajstić information content (AvgIpc) is 2.12. The van der Waals surface area contributed by atoms with Crippen LogP contribution in [0.3, 0.4) is 0 Å². The second kappa shape index (κ2) is 6.43. The van der Waals surface area contributed by atoms with Gasteiger partial charge in [-0.05, 0) is 18.6 Å². The van der Waals surface area contributed by atoms with Crippen molar-refractivity contribution >= 4 is 8.96 Å². The summed E-state index contributed by atoms with van der Waals surface area (Å²) in [4.78, 5) is 0. The molecule has 0 amide bonds. The molecule has 0 spiro atoms. The van der Waals surface area contributed by atoms with Crippen molar-refractivity contribution in [3.05, 3.63) is 12.3 Å². The van der Waals surface area contributed by atoms with Crippen LogP contribution in [0.25, 0.3) is 0 Å². The summed E-state index contributed by atoms with van der Waals surface area (Å²) in [6.45, 7) is 15.5. The molecular formula is C10H23NSi. The molecule has 2 heteroatoms. The maximum absolute atomic E-state index is 3.97. The summed E-state index contributed by atoms with van der Waals surface area (Å²) in [6, 6.07) is 0. The van der Waals surface area contributed by atoms with Crippen molar-refractivity contribution in [2.24, 2.45) is 0 Å². The molecule has 0 aliphatic carbocycles. The lowest BCUT2D eigenvalue weighted by molar-refractivity contribution is 0.473. The van der Waals surface area contributed by atoms with Crippen molar-refractivity contribution < 1.29 is 0 Å². The fraction of sp³-hybridized carbons (Fsp3) is 0.800. The van der Waals surface area contributed by atoms with Crippen molar-refractivity contribution in [2.75, 3.05) is 13.1 Å². The smallest absolute Gasteiger partial charge is 0.138 e. The Labute approximate surface area is 79.2 Å². The quantitative estimate of drug-likeness (QED) is 0.575. The third-order valence-corrected chi connectivity index (χ3v) is 6.40. The van der Waals surface area contributed by atoms with E-state index in [1.165, 1.54) is 19.5 Å². The van der Waals surface area contributed by atoms with Crippen LogP contribution in [-0.4, -0.2) is 26.6 Å². The van der Waals surface area contributed by atoms with E-state index in [9.17, 15) is 0 Å². The molecule has 2 unspecified atom stereocenters. The van der Waals surface area contributed by atoms with Crippen LogP contribution in [0.2, 0.25) is 5.54 Å². The Morgan fingerprint density at radius 2 is 1.83 bits per heavy atom. The molecule has 72 valence electrons. The SMILES string of the molecule is C=C[SiH](C(C)CC)N(CC)CC. The average molecular weight is 185 g/mol. The Morgan fingerprint density at radius 1 is 1.33 bits per heavy atom. The molecule has 0 aromatic rings. The van der Waals surface area contributed by atoms with E-state index < -0.39 is 8.96 Å². The first-order chi connectivity index (χ1) is 5.71. The molecule has 12 heavy (non-hydrogen) atoms. The van der Waals surface area contributed by atoms with Gasteiger partial charge < -0.3 is 4.57 Å². The van der Waals surface area contributed by atoms with Crippen LogP contribution in [0.4, 0.5) is 0 Å². The molecule has 0 saturated heterocycles. The van der Waals surface area contributed by atoms with E-state index >= 15 is 0 Å². The van der Waals surface area contributed by atoms with Gasteiger partial charge in [0.15, 0.2) is 0 Å². The van der Waals surface area contributed by atoms with E-state index in [-0.39, 0.29) is 0 Å². The second-order valence-corrected chi connectivity index (χ2v) is 6.65. The molecule has 2 atom stereocenters. The zero-order chi connectivity index (χ0) is 9.56. The number of hydrogen-bond donors (Lipinski definition) is 0. The molecule has 0 aromatic heterocycles. The van der Waals surface area contributed by atoms with Crippen molar-refractivity contribution in [1.82, 2.24) is 4.57 Å². The van der Waals surface area contributed by atoms with Crippen LogP contribution in [0.15, 0.2) is 12.3 Å². The van der Waals surface area contributed by atoms with Crippen LogP contribution in [0.5, 0.6) is 0 Å². The number of rotatable bonds is 6. The highest BCUT2D eigenvalue weighted by Crippen LogP contribution is 2.17. The van der Waals surface area contributed by atoms with Gasteiger partial charge in [0.1, 0.15) is 8.96 Å². The second-order valence-electron chi connectivity index (χ2n) is 3.33. The zero-order valence-electron chi connectivity index (χ0n) is 9.01. The summed E-state index contributed by atoms with van der Waals surface area (Å²) in [7, 11) is -0.825. The van der Waals surface area contributed by atoms with E-state index in [1.807, 2.05) is 0 Å².